The lowest BCUT2D eigenvalue weighted by Crippen LogP contribution is -1.99. The van der Waals surface area contributed by atoms with E-state index in [1.807, 2.05) is 47.0 Å². The van der Waals surface area contributed by atoms with E-state index in [4.69, 9.17) is 20.1 Å². The van der Waals surface area contributed by atoms with Crippen LogP contribution < -0.4 is 0 Å². The smallest absolute Gasteiger partial charge is 0.0933 e. The van der Waals surface area contributed by atoms with E-state index in [-0.39, 0.29) is 0 Å². The zero-order chi connectivity index (χ0) is 29.7. The van der Waals surface area contributed by atoms with Gasteiger partial charge in [0.25, 0.3) is 0 Å². The molecule has 3 aromatic carbocycles. The zero-order valence-electron chi connectivity index (χ0n) is 24.4. The Morgan fingerprint density at radius 1 is 0.467 bits per heavy atom. The fraction of sp³-hybridized carbons (Fsp3) is 0.0500. The van der Waals surface area contributed by atoms with Crippen molar-refractivity contribution < 1.29 is 0 Å². The minimum Gasteiger partial charge on any atom is -0.246 e. The fourth-order valence-corrected chi connectivity index (χ4v) is 6.38. The van der Waals surface area contributed by atoms with Gasteiger partial charge in [-0.2, -0.15) is 5.10 Å². The molecule has 5 nitrogen and oxygen atoms in total. The van der Waals surface area contributed by atoms with Crippen LogP contribution in [0.3, 0.4) is 0 Å². The van der Waals surface area contributed by atoms with Crippen LogP contribution in [0.2, 0.25) is 0 Å². The summed E-state index contributed by atoms with van der Waals surface area (Å²) in [6.07, 6.45) is 8.52. The maximum absolute atomic E-state index is 5.11. The minimum atomic E-state index is 0.843. The van der Waals surface area contributed by atoms with E-state index in [1.165, 1.54) is 22.1 Å². The lowest BCUT2D eigenvalue weighted by molar-refractivity contribution is 0.971. The molecule has 45 heavy (non-hydrogen) atoms. The van der Waals surface area contributed by atoms with Crippen LogP contribution in [0.1, 0.15) is 24.0 Å². The van der Waals surface area contributed by atoms with Crippen LogP contribution in [0.25, 0.3) is 72.1 Å². The molecule has 0 fully saturated rings. The van der Waals surface area contributed by atoms with E-state index >= 15 is 0 Å². The number of nitrogens with zero attached hydrogens (tertiary/aromatic N) is 5. The predicted molar refractivity (Wildman–Crippen MR) is 184 cm³/mol. The first-order valence-electron chi connectivity index (χ1n) is 15.3. The molecule has 212 valence electrons. The summed E-state index contributed by atoms with van der Waals surface area (Å²) in [5.41, 5.74) is 12.4. The summed E-state index contributed by atoms with van der Waals surface area (Å²) in [6, 6.07) is 41.8. The Balaban J connectivity index is 1.14. The van der Waals surface area contributed by atoms with E-state index in [9.17, 15) is 0 Å². The number of hydrogen-bond donors (Lipinski definition) is 0. The van der Waals surface area contributed by atoms with Gasteiger partial charge in [0.05, 0.1) is 44.8 Å². The highest BCUT2D eigenvalue weighted by atomic mass is 15.2. The third-order valence-corrected chi connectivity index (χ3v) is 8.76. The first-order valence-corrected chi connectivity index (χ1v) is 15.3. The average Bonchev–Trinajstić information content (AvgIpc) is 3.49. The molecule has 0 radical (unpaired) electrons. The van der Waals surface area contributed by atoms with Gasteiger partial charge >= 0.3 is 0 Å². The van der Waals surface area contributed by atoms with Gasteiger partial charge in [-0.15, -0.1) is 0 Å². The van der Waals surface area contributed by atoms with Crippen molar-refractivity contribution in [2.75, 3.05) is 0 Å². The van der Waals surface area contributed by atoms with Crippen LogP contribution in [0.15, 0.2) is 140 Å². The van der Waals surface area contributed by atoms with Gasteiger partial charge in [0, 0.05) is 22.4 Å². The summed E-state index contributed by atoms with van der Waals surface area (Å²) in [6.45, 7) is 0. The summed E-state index contributed by atoms with van der Waals surface area (Å²) in [7, 11) is 0. The Morgan fingerprint density at radius 3 is 1.69 bits per heavy atom. The number of pyridine rings is 4. The Morgan fingerprint density at radius 2 is 1.04 bits per heavy atom. The molecule has 0 spiro atoms. The maximum atomic E-state index is 5.11. The summed E-state index contributed by atoms with van der Waals surface area (Å²) >= 11 is 0. The van der Waals surface area contributed by atoms with Gasteiger partial charge in [0.2, 0.25) is 0 Å². The molecule has 0 saturated heterocycles. The quantitative estimate of drug-likeness (QED) is 0.209. The number of hydrogen-bond acceptors (Lipinski definition) is 4. The van der Waals surface area contributed by atoms with Crippen molar-refractivity contribution in [3.63, 3.8) is 0 Å². The first kappa shape index (κ1) is 25.5. The second kappa shape index (κ2) is 10.4. The summed E-state index contributed by atoms with van der Waals surface area (Å²) in [4.78, 5) is 15.1. The largest absolute Gasteiger partial charge is 0.246 e. The monoisotopic (exact) mass is 577 g/mol. The van der Waals surface area contributed by atoms with Crippen molar-refractivity contribution in [2.24, 2.45) is 0 Å². The Bertz CT molecular complexity index is 2400. The topological polar surface area (TPSA) is 56.0 Å². The first-order chi connectivity index (χ1) is 22.2. The lowest BCUT2D eigenvalue weighted by atomic mass is 9.90. The molecule has 0 bridgehead atoms. The zero-order valence-corrected chi connectivity index (χ0v) is 24.4. The Hall–Kier alpha value is -5.94. The van der Waals surface area contributed by atoms with Crippen molar-refractivity contribution in [2.45, 2.75) is 12.8 Å². The van der Waals surface area contributed by atoms with E-state index in [0.717, 1.165) is 74.0 Å². The van der Waals surface area contributed by atoms with Gasteiger partial charge in [-0.05, 0) is 83.6 Å². The number of fused-ring (bicyclic) bond motifs is 5. The molecule has 9 rings (SSSR count). The molecule has 0 atom stereocenters. The molecular weight excluding hydrogens is 550 g/mol. The maximum Gasteiger partial charge on any atom is 0.0933 e. The van der Waals surface area contributed by atoms with Crippen LogP contribution in [-0.4, -0.2) is 24.6 Å². The summed E-state index contributed by atoms with van der Waals surface area (Å²) in [5, 5.41) is 8.21. The highest BCUT2D eigenvalue weighted by molar-refractivity contribution is 5.94. The molecule has 0 N–H and O–H groups in total. The van der Waals surface area contributed by atoms with Crippen LogP contribution in [-0.2, 0) is 0 Å². The highest BCUT2D eigenvalue weighted by Crippen LogP contribution is 2.35. The Labute approximate surface area is 259 Å². The lowest BCUT2D eigenvalue weighted by Gasteiger charge is -2.17. The molecule has 5 heterocycles. The third-order valence-electron chi connectivity index (χ3n) is 8.76. The van der Waals surface area contributed by atoms with E-state index in [0.29, 0.717) is 0 Å². The van der Waals surface area contributed by atoms with E-state index < -0.39 is 0 Å². The van der Waals surface area contributed by atoms with Gasteiger partial charge < -0.3 is 0 Å². The second-order valence-corrected chi connectivity index (χ2v) is 11.6. The molecule has 5 aromatic heterocycles. The van der Waals surface area contributed by atoms with Crippen molar-refractivity contribution in [1.29, 1.82) is 0 Å². The van der Waals surface area contributed by atoms with Gasteiger partial charge in [0.15, 0.2) is 0 Å². The highest BCUT2D eigenvalue weighted by Gasteiger charge is 2.16. The number of para-hydroxylation sites is 2. The Kier molecular flexibility index (Phi) is 5.88. The molecule has 0 amide bonds. The van der Waals surface area contributed by atoms with E-state index in [2.05, 4.69) is 97.2 Å². The minimum absolute atomic E-state index is 0.843. The van der Waals surface area contributed by atoms with Gasteiger partial charge in [0.1, 0.15) is 0 Å². The number of benzene rings is 3. The van der Waals surface area contributed by atoms with Crippen LogP contribution in [0.4, 0.5) is 0 Å². The van der Waals surface area contributed by atoms with Crippen LogP contribution in [0.5, 0.6) is 0 Å². The molecule has 0 unspecified atom stereocenters. The standard InChI is InChI=1S/C40H27N5/c1-4-10-33-28(7-1)17-20-36(41-33)38-23-31(24-39(43-38)37-21-18-29-8-2-5-11-34(29)42-37)27-15-13-26(14-16-27)30-19-22-40-32-9-3-6-12-35(32)44-45(40)25-30/h1-13,15,17-25H,14,16H2. The summed E-state index contributed by atoms with van der Waals surface area (Å²) < 4.78 is 2.01. The molecule has 8 aromatic rings. The molecule has 1 aliphatic rings. The van der Waals surface area contributed by atoms with Crippen molar-refractivity contribution in [1.82, 2.24) is 24.6 Å². The second-order valence-electron chi connectivity index (χ2n) is 11.6. The average molecular weight is 578 g/mol. The predicted octanol–water partition coefficient (Wildman–Crippen LogP) is 9.57. The van der Waals surface area contributed by atoms with Crippen molar-refractivity contribution in [3.8, 4) is 22.8 Å². The van der Waals surface area contributed by atoms with Gasteiger partial charge in [-0.25, -0.2) is 19.5 Å². The fourth-order valence-electron chi connectivity index (χ4n) is 6.38. The number of aromatic nitrogens is 5. The summed E-state index contributed by atoms with van der Waals surface area (Å²) in [5.74, 6) is 0. The van der Waals surface area contributed by atoms with Crippen LogP contribution >= 0.6 is 0 Å². The van der Waals surface area contributed by atoms with Crippen LogP contribution in [0, 0.1) is 0 Å². The molecule has 0 aliphatic heterocycles. The van der Waals surface area contributed by atoms with Crippen molar-refractivity contribution >= 4 is 49.4 Å². The molecule has 1 aliphatic carbocycles. The SMILES string of the molecule is C1=C(c2cc(-c3ccc4ccccc4n3)nc(-c3ccc4ccccc4n3)c2)CCC(c2ccc3c4ccccc4nn3c2)=C1. The van der Waals surface area contributed by atoms with E-state index in [1.54, 1.807) is 0 Å². The number of allylic oxidation sites excluding steroid dienone is 4. The normalized spacial score (nSPS) is 13.4. The third kappa shape index (κ3) is 4.57. The van der Waals surface area contributed by atoms with Crippen molar-refractivity contribution in [3.05, 3.63) is 151 Å². The molecule has 0 saturated carbocycles. The molecular formula is C40H27N5. The number of rotatable bonds is 4. The van der Waals surface area contributed by atoms with Gasteiger partial charge in [-0.3, -0.25) is 0 Å². The molecule has 5 heteroatoms. The van der Waals surface area contributed by atoms with Gasteiger partial charge in [-0.1, -0.05) is 84.9 Å².